The maximum Gasteiger partial charge on any atom is 0.191 e. The van der Waals surface area contributed by atoms with Crippen molar-refractivity contribution in [2.24, 2.45) is 4.99 Å². The van der Waals surface area contributed by atoms with Crippen molar-refractivity contribution in [1.29, 1.82) is 0 Å². The van der Waals surface area contributed by atoms with Crippen molar-refractivity contribution in [3.63, 3.8) is 0 Å². The summed E-state index contributed by atoms with van der Waals surface area (Å²) >= 11 is 0. The lowest BCUT2D eigenvalue weighted by Gasteiger charge is -2.13. The Bertz CT molecular complexity index is 441. The van der Waals surface area contributed by atoms with Gasteiger partial charge in [0.2, 0.25) is 0 Å². The van der Waals surface area contributed by atoms with Gasteiger partial charge in [-0.15, -0.1) is 30.6 Å². The van der Waals surface area contributed by atoms with Crippen LogP contribution in [-0.4, -0.2) is 32.7 Å². The van der Waals surface area contributed by atoms with E-state index >= 15 is 0 Å². The zero-order valence-corrected chi connectivity index (χ0v) is 15.4. The van der Waals surface area contributed by atoms with Gasteiger partial charge < -0.3 is 15.4 Å². The van der Waals surface area contributed by atoms with E-state index in [9.17, 15) is 0 Å². The molecule has 5 heteroatoms. The Labute approximate surface area is 145 Å². The van der Waals surface area contributed by atoms with Gasteiger partial charge in [0.05, 0.1) is 6.61 Å². The molecule has 0 aliphatic rings. The van der Waals surface area contributed by atoms with Crippen LogP contribution in [0.5, 0.6) is 5.75 Å². The second kappa shape index (κ2) is 11.4. The number of ether oxygens (including phenoxy) is 1. The molecule has 118 valence electrons. The molecule has 21 heavy (non-hydrogen) atoms. The Morgan fingerprint density at radius 2 is 1.95 bits per heavy atom. The first kappa shape index (κ1) is 19.8. The molecule has 4 nitrogen and oxygen atoms in total. The number of nitrogens with zero attached hydrogens (tertiary/aromatic N) is 1. The molecular formula is C16H26IN3O. The number of aliphatic imine (C=N–C) groups is 1. The number of halogens is 1. The second-order valence-electron chi connectivity index (χ2n) is 4.59. The molecule has 0 spiro atoms. The van der Waals surface area contributed by atoms with Crippen LogP contribution < -0.4 is 15.4 Å². The third-order valence-corrected chi connectivity index (χ3v) is 2.91. The van der Waals surface area contributed by atoms with Crippen molar-refractivity contribution >= 4 is 29.9 Å². The van der Waals surface area contributed by atoms with E-state index in [-0.39, 0.29) is 24.0 Å². The van der Waals surface area contributed by atoms with Gasteiger partial charge in [0, 0.05) is 20.1 Å². The lowest BCUT2D eigenvalue weighted by molar-refractivity contribution is 0.307. The predicted molar refractivity (Wildman–Crippen MR) is 101 cm³/mol. The molecule has 0 saturated heterocycles. The molecule has 0 aliphatic heterocycles. The lowest BCUT2D eigenvalue weighted by atomic mass is 10.1. The summed E-state index contributed by atoms with van der Waals surface area (Å²) in [5.74, 6) is 1.79. The fourth-order valence-corrected chi connectivity index (χ4v) is 1.87. The smallest absolute Gasteiger partial charge is 0.191 e. The number of rotatable bonds is 7. The highest BCUT2D eigenvalue weighted by Gasteiger charge is 2.02. The van der Waals surface area contributed by atoms with Crippen molar-refractivity contribution in [3.8, 4) is 5.75 Å². The van der Waals surface area contributed by atoms with Crippen molar-refractivity contribution in [2.45, 2.75) is 20.3 Å². The number of para-hydroxylation sites is 1. The molecule has 0 amide bonds. The van der Waals surface area contributed by atoms with Crippen LogP contribution in [0.25, 0.3) is 0 Å². The first-order chi connectivity index (χ1) is 9.69. The van der Waals surface area contributed by atoms with Gasteiger partial charge in [0.15, 0.2) is 5.96 Å². The number of benzene rings is 1. The Hall–Kier alpha value is -1.24. The average molecular weight is 403 g/mol. The molecule has 0 heterocycles. The summed E-state index contributed by atoms with van der Waals surface area (Å²) in [6, 6.07) is 6.19. The standard InChI is InChI=1S/C16H25N3O.HI/c1-5-10-18-16(17-4)19-11-7-12-20-15-13(2)8-6-9-14(15)3;/h5-6,8-9H,1,7,10-12H2,2-4H3,(H2,17,18,19);1H. The van der Waals surface area contributed by atoms with Gasteiger partial charge in [-0.05, 0) is 31.4 Å². The first-order valence-electron chi connectivity index (χ1n) is 6.93. The normalized spacial score (nSPS) is 10.5. The van der Waals surface area contributed by atoms with Gasteiger partial charge in [-0.3, -0.25) is 4.99 Å². The van der Waals surface area contributed by atoms with Crippen molar-refractivity contribution in [1.82, 2.24) is 10.6 Å². The maximum absolute atomic E-state index is 5.85. The van der Waals surface area contributed by atoms with Crippen LogP contribution in [0, 0.1) is 13.8 Å². The van der Waals surface area contributed by atoms with E-state index in [2.05, 4.69) is 48.2 Å². The van der Waals surface area contributed by atoms with Gasteiger partial charge in [0.1, 0.15) is 5.75 Å². The summed E-state index contributed by atoms with van der Waals surface area (Å²) < 4.78 is 5.85. The van der Waals surface area contributed by atoms with E-state index in [0.717, 1.165) is 24.7 Å². The van der Waals surface area contributed by atoms with E-state index in [0.29, 0.717) is 13.2 Å². The van der Waals surface area contributed by atoms with E-state index in [4.69, 9.17) is 4.74 Å². The molecule has 1 aromatic rings. The molecular weight excluding hydrogens is 377 g/mol. The van der Waals surface area contributed by atoms with E-state index in [1.54, 1.807) is 13.1 Å². The SMILES string of the molecule is C=CCNC(=NC)NCCCOc1c(C)cccc1C.I. The Kier molecular flexibility index (Phi) is 10.7. The lowest BCUT2D eigenvalue weighted by Crippen LogP contribution is -2.38. The summed E-state index contributed by atoms with van der Waals surface area (Å²) in [6.45, 7) is 10.0. The van der Waals surface area contributed by atoms with Crippen LogP contribution in [0.1, 0.15) is 17.5 Å². The summed E-state index contributed by atoms with van der Waals surface area (Å²) in [6.07, 6.45) is 2.72. The van der Waals surface area contributed by atoms with E-state index in [1.165, 1.54) is 11.1 Å². The molecule has 0 saturated carbocycles. The average Bonchev–Trinajstić information content (AvgIpc) is 2.44. The molecule has 0 bridgehead atoms. The van der Waals surface area contributed by atoms with Gasteiger partial charge in [-0.1, -0.05) is 24.3 Å². The van der Waals surface area contributed by atoms with Crippen LogP contribution in [0.3, 0.4) is 0 Å². The minimum atomic E-state index is 0. The largest absolute Gasteiger partial charge is 0.493 e. The summed E-state index contributed by atoms with van der Waals surface area (Å²) in [7, 11) is 1.76. The van der Waals surface area contributed by atoms with Crippen molar-refractivity contribution < 1.29 is 4.74 Å². The number of aryl methyl sites for hydroxylation is 2. The third-order valence-electron chi connectivity index (χ3n) is 2.91. The quantitative estimate of drug-likeness (QED) is 0.242. The number of guanidine groups is 1. The molecule has 0 radical (unpaired) electrons. The van der Waals surface area contributed by atoms with Gasteiger partial charge in [-0.2, -0.15) is 0 Å². The summed E-state index contributed by atoms with van der Waals surface area (Å²) in [5.41, 5.74) is 2.36. The molecule has 0 aromatic heterocycles. The number of hydrogen-bond donors (Lipinski definition) is 2. The first-order valence-corrected chi connectivity index (χ1v) is 6.93. The molecule has 0 unspecified atom stereocenters. The highest BCUT2D eigenvalue weighted by Crippen LogP contribution is 2.22. The number of nitrogens with one attached hydrogen (secondary N) is 2. The highest BCUT2D eigenvalue weighted by atomic mass is 127. The maximum atomic E-state index is 5.85. The Morgan fingerprint density at radius 3 is 2.52 bits per heavy atom. The Balaban J connectivity index is 0.00000400. The zero-order chi connectivity index (χ0) is 14.8. The summed E-state index contributed by atoms with van der Waals surface area (Å²) in [5, 5.41) is 6.36. The van der Waals surface area contributed by atoms with Crippen LogP contribution in [0.4, 0.5) is 0 Å². The topological polar surface area (TPSA) is 45.7 Å². The highest BCUT2D eigenvalue weighted by molar-refractivity contribution is 14.0. The fraction of sp³-hybridized carbons (Fsp3) is 0.438. The Morgan fingerprint density at radius 1 is 1.29 bits per heavy atom. The van der Waals surface area contributed by atoms with Crippen LogP contribution >= 0.6 is 24.0 Å². The van der Waals surface area contributed by atoms with E-state index in [1.807, 2.05) is 6.07 Å². The third kappa shape index (κ3) is 7.36. The molecule has 0 fully saturated rings. The van der Waals surface area contributed by atoms with Crippen LogP contribution in [-0.2, 0) is 0 Å². The minimum absolute atomic E-state index is 0. The van der Waals surface area contributed by atoms with Gasteiger partial charge >= 0.3 is 0 Å². The van der Waals surface area contributed by atoms with Crippen molar-refractivity contribution in [3.05, 3.63) is 42.0 Å². The zero-order valence-electron chi connectivity index (χ0n) is 13.1. The minimum Gasteiger partial charge on any atom is -0.493 e. The van der Waals surface area contributed by atoms with Crippen LogP contribution in [0.15, 0.2) is 35.8 Å². The second-order valence-corrected chi connectivity index (χ2v) is 4.59. The van der Waals surface area contributed by atoms with Crippen molar-refractivity contribution in [2.75, 3.05) is 26.7 Å². The molecule has 1 aromatic carbocycles. The molecule has 0 atom stereocenters. The fourth-order valence-electron chi connectivity index (χ4n) is 1.87. The van der Waals surface area contributed by atoms with Gasteiger partial charge in [-0.25, -0.2) is 0 Å². The molecule has 2 N–H and O–H groups in total. The summed E-state index contributed by atoms with van der Waals surface area (Å²) in [4.78, 5) is 4.12. The number of hydrogen-bond acceptors (Lipinski definition) is 2. The molecule has 1 rings (SSSR count). The monoisotopic (exact) mass is 403 g/mol. The van der Waals surface area contributed by atoms with Crippen LogP contribution in [0.2, 0.25) is 0 Å². The predicted octanol–water partition coefficient (Wildman–Crippen LogP) is 3.04. The van der Waals surface area contributed by atoms with Gasteiger partial charge in [0.25, 0.3) is 0 Å². The molecule has 0 aliphatic carbocycles. The van der Waals surface area contributed by atoms with E-state index < -0.39 is 0 Å².